The maximum Gasteiger partial charge on any atom is 0.224 e. The molecule has 2 fully saturated rings. The predicted molar refractivity (Wildman–Crippen MR) is 115 cm³/mol. The normalized spacial score (nSPS) is 20.6. The first-order valence-corrected chi connectivity index (χ1v) is 10.7. The number of anilines is 1. The van der Waals surface area contributed by atoms with Crippen molar-refractivity contribution in [1.29, 1.82) is 0 Å². The van der Waals surface area contributed by atoms with Crippen LogP contribution in [0, 0.1) is 17.2 Å². The summed E-state index contributed by atoms with van der Waals surface area (Å²) in [4.78, 5) is 27.4. The number of hydrogen-bond acceptors (Lipinski definition) is 5. The van der Waals surface area contributed by atoms with E-state index in [1.807, 2.05) is 19.2 Å². The lowest BCUT2D eigenvalue weighted by Gasteiger charge is -2.39. The highest BCUT2D eigenvalue weighted by atomic mass is 19.1. The second-order valence-corrected chi connectivity index (χ2v) is 8.69. The van der Waals surface area contributed by atoms with Crippen LogP contribution in [0.25, 0.3) is 11.0 Å². The molecule has 162 valence electrons. The molecule has 2 N–H and O–H groups in total. The number of hydrogen-bond donors (Lipinski definition) is 2. The second-order valence-electron chi connectivity index (χ2n) is 8.69. The monoisotopic (exact) mass is 423 g/mol. The van der Waals surface area contributed by atoms with Gasteiger partial charge in [-0.15, -0.1) is 0 Å². The van der Waals surface area contributed by atoms with Crippen LogP contribution in [-0.2, 0) is 4.79 Å². The fourth-order valence-corrected chi connectivity index (χ4v) is 4.87. The highest BCUT2D eigenvalue weighted by Gasteiger charge is 2.55. The van der Waals surface area contributed by atoms with Gasteiger partial charge in [-0.25, -0.2) is 14.4 Å². The zero-order valence-corrected chi connectivity index (χ0v) is 17.7. The molecule has 8 heteroatoms. The smallest absolute Gasteiger partial charge is 0.224 e. The van der Waals surface area contributed by atoms with E-state index in [0.29, 0.717) is 0 Å². The number of piperidine rings is 1. The fourth-order valence-electron chi connectivity index (χ4n) is 4.87. The quantitative estimate of drug-likeness (QED) is 0.655. The van der Waals surface area contributed by atoms with Crippen LogP contribution in [0.5, 0.6) is 5.75 Å². The van der Waals surface area contributed by atoms with Gasteiger partial charge in [-0.3, -0.25) is 4.79 Å². The summed E-state index contributed by atoms with van der Waals surface area (Å²) in [5, 5.41) is 4.16. The largest absolute Gasteiger partial charge is 0.494 e. The number of nitrogens with one attached hydrogen (secondary N) is 2. The SMILES string of the molecule is COc1cc([C@@H](C)NC(=O)C2CCN(c3ncnc4[nH]ccc34)CC23CC3)ccc1F. The van der Waals surface area contributed by atoms with E-state index in [1.54, 1.807) is 18.5 Å². The Hall–Kier alpha value is -3.16. The Morgan fingerprint density at radius 3 is 2.97 bits per heavy atom. The van der Waals surface area contributed by atoms with E-state index in [4.69, 9.17) is 4.74 Å². The number of methoxy groups -OCH3 is 1. The van der Waals surface area contributed by atoms with Crippen molar-refractivity contribution in [2.45, 2.75) is 32.2 Å². The molecule has 2 atom stereocenters. The summed E-state index contributed by atoms with van der Waals surface area (Å²) in [6, 6.07) is 6.49. The Morgan fingerprint density at radius 1 is 1.35 bits per heavy atom. The standard InChI is InChI=1S/C23H26FN5O2/c1-14(15-3-4-18(24)19(11-15)31-2)28-22(30)17-6-10-29(12-23(17)7-8-23)21-16-5-9-25-20(16)26-13-27-21/h3-5,9,11,13-14,17H,6-8,10,12H2,1-2H3,(H,28,30)(H,25,26,27)/t14-,17?/m1/s1. The van der Waals surface area contributed by atoms with Gasteiger partial charge in [-0.2, -0.15) is 0 Å². The van der Waals surface area contributed by atoms with Gasteiger partial charge < -0.3 is 19.9 Å². The van der Waals surface area contributed by atoms with Crippen molar-refractivity contribution >= 4 is 22.8 Å². The average Bonchev–Trinajstić information content (AvgIpc) is 3.34. The number of carbonyl (C=O) groups is 1. The molecule has 0 bridgehead atoms. The second kappa shape index (κ2) is 7.51. The number of halogens is 1. The molecular formula is C23H26FN5O2. The molecular weight excluding hydrogens is 397 g/mol. The van der Waals surface area contributed by atoms with Crippen LogP contribution in [0.3, 0.4) is 0 Å². The third-order valence-corrected chi connectivity index (χ3v) is 6.81. The van der Waals surface area contributed by atoms with Gasteiger partial charge in [0.15, 0.2) is 11.6 Å². The molecule has 5 rings (SSSR count). The van der Waals surface area contributed by atoms with Crippen LogP contribution in [0.1, 0.15) is 37.8 Å². The zero-order chi connectivity index (χ0) is 21.6. The molecule has 1 saturated carbocycles. The Bertz CT molecular complexity index is 1130. The molecule has 1 saturated heterocycles. The van der Waals surface area contributed by atoms with Crippen molar-refractivity contribution < 1.29 is 13.9 Å². The van der Waals surface area contributed by atoms with Gasteiger partial charge in [0.1, 0.15) is 17.8 Å². The zero-order valence-electron chi connectivity index (χ0n) is 17.7. The molecule has 31 heavy (non-hydrogen) atoms. The Kier molecular flexibility index (Phi) is 4.79. The van der Waals surface area contributed by atoms with Gasteiger partial charge in [0, 0.05) is 25.2 Å². The molecule has 1 aliphatic heterocycles. The number of amides is 1. The van der Waals surface area contributed by atoms with Crippen LogP contribution >= 0.6 is 0 Å². The summed E-state index contributed by atoms with van der Waals surface area (Å²) >= 11 is 0. The highest BCUT2D eigenvalue weighted by molar-refractivity contribution is 5.88. The predicted octanol–water partition coefficient (Wildman–Crippen LogP) is 3.59. The van der Waals surface area contributed by atoms with Crippen LogP contribution in [-0.4, -0.2) is 41.1 Å². The van der Waals surface area contributed by atoms with Crippen molar-refractivity contribution in [1.82, 2.24) is 20.3 Å². The highest BCUT2D eigenvalue weighted by Crippen LogP contribution is 2.56. The minimum atomic E-state index is -0.407. The van der Waals surface area contributed by atoms with E-state index in [2.05, 4.69) is 25.2 Å². The van der Waals surface area contributed by atoms with Gasteiger partial charge in [0.25, 0.3) is 0 Å². The number of nitrogens with zero attached hydrogens (tertiary/aromatic N) is 3. The van der Waals surface area contributed by atoms with Crippen molar-refractivity contribution in [2.24, 2.45) is 11.3 Å². The third-order valence-electron chi connectivity index (χ3n) is 6.81. The van der Waals surface area contributed by atoms with Crippen LogP contribution in [0.2, 0.25) is 0 Å². The molecule has 1 amide bonds. The summed E-state index contributed by atoms with van der Waals surface area (Å²) in [5.41, 5.74) is 1.65. The minimum absolute atomic E-state index is 0.00385. The molecule has 1 aromatic carbocycles. The first-order valence-electron chi connectivity index (χ1n) is 10.7. The fraction of sp³-hybridized carbons (Fsp3) is 0.435. The topological polar surface area (TPSA) is 83.1 Å². The summed E-state index contributed by atoms with van der Waals surface area (Å²) < 4.78 is 18.8. The first kappa shape index (κ1) is 19.8. The average molecular weight is 423 g/mol. The summed E-state index contributed by atoms with van der Waals surface area (Å²) in [5.74, 6) is 0.754. The third kappa shape index (κ3) is 3.49. The summed E-state index contributed by atoms with van der Waals surface area (Å²) in [6.45, 7) is 3.51. The molecule has 0 radical (unpaired) electrons. The van der Waals surface area contributed by atoms with Gasteiger partial charge in [-0.1, -0.05) is 6.07 Å². The van der Waals surface area contributed by atoms with Gasteiger partial charge in [-0.05, 0) is 55.4 Å². The van der Waals surface area contributed by atoms with Crippen molar-refractivity contribution in [2.75, 3.05) is 25.1 Å². The van der Waals surface area contributed by atoms with E-state index in [-0.39, 0.29) is 29.0 Å². The van der Waals surface area contributed by atoms with Gasteiger partial charge in [0.05, 0.1) is 18.5 Å². The molecule has 3 aromatic rings. The molecule has 7 nitrogen and oxygen atoms in total. The number of rotatable bonds is 5. The first-order chi connectivity index (χ1) is 15.0. The number of H-pyrrole nitrogens is 1. The lowest BCUT2D eigenvalue weighted by molar-refractivity contribution is -0.128. The van der Waals surface area contributed by atoms with Crippen LogP contribution < -0.4 is 15.0 Å². The number of aromatic amines is 1. The lowest BCUT2D eigenvalue weighted by Crippen LogP contribution is -2.48. The maximum absolute atomic E-state index is 13.7. The Balaban J connectivity index is 1.30. The molecule has 2 aromatic heterocycles. The van der Waals surface area contributed by atoms with Gasteiger partial charge in [0.2, 0.25) is 5.91 Å². The number of ether oxygens (including phenoxy) is 1. The van der Waals surface area contributed by atoms with E-state index in [0.717, 1.165) is 54.8 Å². The van der Waals surface area contributed by atoms with Crippen molar-refractivity contribution in [3.8, 4) is 5.75 Å². The van der Waals surface area contributed by atoms with E-state index in [1.165, 1.54) is 13.2 Å². The van der Waals surface area contributed by atoms with Crippen LogP contribution in [0.15, 0.2) is 36.8 Å². The van der Waals surface area contributed by atoms with E-state index >= 15 is 0 Å². The molecule has 2 aliphatic rings. The summed E-state index contributed by atoms with van der Waals surface area (Å²) in [7, 11) is 1.44. The van der Waals surface area contributed by atoms with E-state index < -0.39 is 5.82 Å². The van der Waals surface area contributed by atoms with Gasteiger partial charge >= 0.3 is 0 Å². The van der Waals surface area contributed by atoms with Crippen molar-refractivity contribution in [3.05, 3.63) is 48.2 Å². The lowest BCUT2D eigenvalue weighted by atomic mass is 9.81. The van der Waals surface area contributed by atoms with Crippen molar-refractivity contribution in [3.63, 3.8) is 0 Å². The number of aromatic nitrogens is 3. The maximum atomic E-state index is 13.7. The molecule has 1 unspecified atom stereocenters. The van der Waals surface area contributed by atoms with E-state index in [9.17, 15) is 9.18 Å². The summed E-state index contributed by atoms with van der Waals surface area (Å²) in [6.07, 6.45) is 6.33. The minimum Gasteiger partial charge on any atom is -0.494 e. The molecule has 1 aliphatic carbocycles. The van der Waals surface area contributed by atoms with Crippen LogP contribution in [0.4, 0.5) is 10.2 Å². The number of carbonyl (C=O) groups excluding carboxylic acids is 1. The number of benzene rings is 1. The molecule has 1 spiro atoms. The number of fused-ring (bicyclic) bond motifs is 1. The Labute approximate surface area is 180 Å². The Morgan fingerprint density at radius 2 is 2.19 bits per heavy atom. The molecule has 3 heterocycles.